The van der Waals surface area contributed by atoms with Crippen LogP contribution in [0.25, 0.3) is 0 Å². The number of rotatable bonds is 5. The average molecular weight is 213 g/mol. The second-order valence-corrected chi connectivity index (χ2v) is 3.91. The van der Waals surface area contributed by atoms with E-state index in [2.05, 4.69) is 48.1 Å². The molecule has 0 aliphatic heterocycles. The number of halogens is 1. The fourth-order valence-corrected chi connectivity index (χ4v) is 1.59. The maximum atomic E-state index is 5.53. The molecule has 14 heavy (non-hydrogen) atoms. The quantitative estimate of drug-likeness (QED) is 0.751. The molecule has 0 amide bonds. The number of likely N-dealkylation sites (N-methyl/N-ethyl adjacent to an activating group) is 1. The second kappa shape index (κ2) is 6.02. The summed E-state index contributed by atoms with van der Waals surface area (Å²) in [6.45, 7) is 0.795. The summed E-state index contributed by atoms with van der Waals surface area (Å²) in [5, 5.41) is 0. The highest BCUT2D eigenvalue weighted by atomic mass is 35.5. The van der Waals surface area contributed by atoms with Crippen LogP contribution < -0.4 is 4.84 Å². The van der Waals surface area contributed by atoms with Gasteiger partial charge in [-0.3, -0.25) is 0 Å². The minimum atomic E-state index is 0.440. The first-order valence-corrected chi connectivity index (χ1v) is 5.15. The Morgan fingerprint density at radius 3 is 2.43 bits per heavy atom. The first-order valence-electron chi connectivity index (χ1n) is 4.78. The van der Waals surface area contributed by atoms with Crippen molar-refractivity contribution in [3.8, 4) is 0 Å². The van der Waals surface area contributed by atoms with Crippen molar-refractivity contribution in [1.29, 1.82) is 0 Å². The van der Waals surface area contributed by atoms with Crippen molar-refractivity contribution in [3.63, 3.8) is 0 Å². The van der Waals surface area contributed by atoms with Crippen molar-refractivity contribution < 1.29 is 0 Å². The standard InChI is InChI=1S/C11H17ClN2/c1-14(2)11(9-13-12)8-10-6-4-3-5-7-10/h3-7,11,13H,8-9H2,1-2H3/t11-/m1/s1. The van der Waals surface area contributed by atoms with Crippen molar-refractivity contribution >= 4 is 11.8 Å². The molecule has 78 valence electrons. The predicted molar refractivity (Wildman–Crippen MR) is 61.5 cm³/mol. The molecular formula is C11H17ClN2. The van der Waals surface area contributed by atoms with Crippen LogP contribution in [0, 0.1) is 0 Å². The molecule has 1 N–H and O–H groups in total. The van der Waals surface area contributed by atoms with E-state index < -0.39 is 0 Å². The van der Waals surface area contributed by atoms with Gasteiger partial charge in [0.25, 0.3) is 0 Å². The van der Waals surface area contributed by atoms with Crippen LogP contribution in [0.5, 0.6) is 0 Å². The molecule has 1 aromatic rings. The third kappa shape index (κ3) is 3.66. The Kier molecular flexibility index (Phi) is 4.94. The molecule has 3 heteroatoms. The van der Waals surface area contributed by atoms with E-state index in [4.69, 9.17) is 11.8 Å². The van der Waals surface area contributed by atoms with E-state index in [9.17, 15) is 0 Å². The summed E-state index contributed by atoms with van der Waals surface area (Å²) < 4.78 is 0. The number of nitrogens with zero attached hydrogens (tertiary/aromatic N) is 1. The largest absolute Gasteiger partial charge is 0.305 e. The summed E-state index contributed by atoms with van der Waals surface area (Å²) in [6, 6.07) is 10.9. The van der Waals surface area contributed by atoms with Gasteiger partial charge in [0.1, 0.15) is 0 Å². The van der Waals surface area contributed by atoms with E-state index in [1.807, 2.05) is 6.07 Å². The third-order valence-electron chi connectivity index (χ3n) is 2.36. The molecule has 1 atom stereocenters. The maximum absolute atomic E-state index is 5.53. The van der Waals surface area contributed by atoms with Gasteiger partial charge in [-0.2, -0.15) is 0 Å². The van der Waals surface area contributed by atoms with Crippen molar-refractivity contribution in [2.45, 2.75) is 12.5 Å². The van der Waals surface area contributed by atoms with Crippen molar-refractivity contribution in [2.24, 2.45) is 0 Å². The lowest BCUT2D eigenvalue weighted by Crippen LogP contribution is -2.36. The second-order valence-electron chi connectivity index (χ2n) is 3.64. The van der Waals surface area contributed by atoms with E-state index in [0.717, 1.165) is 13.0 Å². The maximum Gasteiger partial charge on any atom is 0.0268 e. The predicted octanol–water partition coefficient (Wildman–Crippen LogP) is 1.90. The van der Waals surface area contributed by atoms with Gasteiger partial charge in [-0.25, -0.2) is 4.84 Å². The fraction of sp³-hybridized carbons (Fsp3) is 0.455. The van der Waals surface area contributed by atoms with Crippen LogP contribution in [-0.2, 0) is 6.42 Å². The molecule has 0 saturated carbocycles. The molecule has 1 rings (SSSR count). The van der Waals surface area contributed by atoms with Crippen LogP contribution in [0.2, 0.25) is 0 Å². The Bertz CT molecular complexity index is 249. The topological polar surface area (TPSA) is 15.3 Å². The Balaban J connectivity index is 2.55. The zero-order valence-electron chi connectivity index (χ0n) is 8.70. The first-order chi connectivity index (χ1) is 6.74. The lowest BCUT2D eigenvalue weighted by atomic mass is 10.1. The van der Waals surface area contributed by atoms with Crippen molar-refractivity contribution in [1.82, 2.24) is 9.74 Å². The highest BCUT2D eigenvalue weighted by Crippen LogP contribution is 2.06. The van der Waals surface area contributed by atoms with Gasteiger partial charge in [0.05, 0.1) is 0 Å². The van der Waals surface area contributed by atoms with E-state index in [1.165, 1.54) is 5.56 Å². The number of benzene rings is 1. The summed E-state index contributed by atoms with van der Waals surface area (Å²) in [4.78, 5) is 4.88. The monoisotopic (exact) mass is 212 g/mol. The summed E-state index contributed by atoms with van der Waals surface area (Å²) in [6.07, 6.45) is 1.02. The normalized spacial score (nSPS) is 13.1. The molecule has 0 radical (unpaired) electrons. The van der Waals surface area contributed by atoms with Gasteiger partial charge in [0.2, 0.25) is 0 Å². The van der Waals surface area contributed by atoms with Crippen molar-refractivity contribution in [2.75, 3.05) is 20.6 Å². The van der Waals surface area contributed by atoms with Crippen LogP contribution in [0.4, 0.5) is 0 Å². The first kappa shape index (κ1) is 11.5. The SMILES string of the molecule is CN(C)[C@@H](CNCl)Cc1ccccc1. The Labute approximate surface area is 91.0 Å². The molecule has 0 bridgehead atoms. The van der Waals surface area contributed by atoms with Crippen LogP contribution >= 0.6 is 11.8 Å². The lowest BCUT2D eigenvalue weighted by molar-refractivity contribution is 0.292. The van der Waals surface area contributed by atoms with Crippen LogP contribution in [0.3, 0.4) is 0 Å². The van der Waals surface area contributed by atoms with Gasteiger partial charge < -0.3 is 4.90 Å². The molecule has 0 fully saturated rings. The molecule has 0 unspecified atom stereocenters. The molecule has 0 spiro atoms. The summed E-state index contributed by atoms with van der Waals surface area (Å²) in [7, 11) is 4.14. The average Bonchev–Trinajstić information content (AvgIpc) is 2.18. The molecule has 0 heterocycles. The molecule has 0 aliphatic rings. The van der Waals surface area contributed by atoms with E-state index in [-0.39, 0.29) is 0 Å². The van der Waals surface area contributed by atoms with Gasteiger partial charge in [-0.1, -0.05) is 30.3 Å². The zero-order valence-corrected chi connectivity index (χ0v) is 9.46. The molecule has 0 saturated heterocycles. The fourth-order valence-electron chi connectivity index (χ4n) is 1.41. The summed E-state index contributed by atoms with van der Waals surface area (Å²) in [5.41, 5.74) is 1.35. The van der Waals surface area contributed by atoms with Crippen LogP contribution in [-0.4, -0.2) is 31.6 Å². The number of hydrogen-bond donors (Lipinski definition) is 1. The van der Waals surface area contributed by atoms with Gasteiger partial charge in [-0.15, -0.1) is 0 Å². The van der Waals surface area contributed by atoms with E-state index in [0.29, 0.717) is 6.04 Å². The van der Waals surface area contributed by atoms with Gasteiger partial charge in [0, 0.05) is 12.6 Å². The van der Waals surface area contributed by atoms with Gasteiger partial charge in [0.15, 0.2) is 0 Å². The lowest BCUT2D eigenvalue weighted by Gasteiger charge is -2.23. The minimum absolute atomic E-state index is 0.440. The van der Waals surface area contributed by atoms with Gasteiger partial charge in [-0.05, 0) is 37.9 Å². The molecule has 2 nitrogen and oxygen atoms in total. The Morgan fingerprint density at radius 2 is 1.93 bits per heavy atom. The van der Waals surface area contributed by atoms with E-state index in [1.54, 1.807) is 0 Å². The minimum Gasteiger partial charge on any atom is -0.305 e. The summed E-state index contributed by atoms with van der Waals surface area (Å²) >= 11 is 5.53. The number of hydrogen-bond acceptors (Lipinski definition) is 2. The molecule has 0 aromatic heterocycles. The Hall–Kier alpha value is -0.570. The smallest absolute Gasteiger partial charge is 0.0268 e. The summed E-state index contributed by atoms with van der Waals surface area (Å²) in [5.74, 6) is 0. The number of nitrogens with one attached hydrogen (secondary N) is 1. The highest BCUT2D eigenvalue weighted by Gasteiger charge is 2.10. The highest BCUT2D eigenvalue weighted by molar-refractivity contribution is 6.13. The molecule has 1 aromatic carbocycles. The third-order valence-corrected chi connectivity index (χ3v) is 2.51. The molecule has 0 aliphatic carbocycles. The van der Waals surface area contributed by atoms with Gasteiger partial charge >= 0.3 is 0 Å². The molecular weight excluding hydrogens is 196 g/mol. The zero-order chi connectivity index (χ0) is 10.4. The Morgan fingerprint density at radius 1 is 1.29 bits per heavy atom. The van der Waals surface area contributed by atoms with Crippen LogP contribution in [0.1, 0.15) is 5.56 Å². The van der Waals surface area contributed by atoms with Crippen molar-refractivity contribution in [3.05, 3.63) is 35.9 Å². The van der Waals surface area contributed by atoms with Crippen LogP contribution in [0.15, 0.2) is 30.3 Å². The van der Waals surface area contributed by atoms with E-state index >= 15 is 0 Å².